The van der Waals surface area contributed by atoms with Crippen molar-refractivity contribution in [2.75, 3.05) is 31.1 Å². The third-order valence-electron chi connectivity index (χ3n) is 5.94. The molecule has 4 nitrogen and oxygen atoms in total. The van der Waals surface area contributed by atoms with Crippen LogP contribution < -0.4 is 4.90 Å². The smallest absolute Gasteiger partial charge is 0.0802 e. The lowest BCUT2D eigenvalue weighted by atomic mass is 9.79. The highest BCUT2D eigenvalue weighted by Crippen LogP contribution is 2.38. The second-order valence-electron chi connectivity index (χ2n) is 7.30. The third-order valence-corrected chi connectivity index (χ3v) is 5.94. The average molecular weight is 302 g/mol. The molecule has 4 heteroatoms. The maximum Gasteiger partial charge on any atom is 0.0802 e. The summed E-state index contributed by atoms with van der Waals surface area (Å²) in [6, 6.07) is 11.3. The standard InChI is InChI=1S/C18H26N2O2/c21-17-8-13-10-20(11-14(13)9-18(17)22)16-6-7-19(12-16)15-4-2-1-3-5-15/h1-5,13-14,16-18,21-22H,6-12H2/t13-,14+,16?,17+,18-. The van der Waals surface area contributed by atoms with Gasteiger partial charge in [0.1, 0.15) is 0 Å². The number of benzene rings is 1. The highest BCUT2D eigenvalue weighted by molar-refractivity contribution is 5.47. The second-order valence-corrected chi connectivity index (χ2v) is 7.30. The average Bonchev–Trinajstić information content (AvgIpc) is 3.15. The Morgan fingerprint density at radius 1 is 0.864 bits per heavy atom. The van der Waals surface area contributed by atoms with Gasteiger partial charge in [0.25, 0.3) is 0 Å². The van der Waals surface area contributed by atoms with Gasteiger partial charge in [-0.05, 0) is 43.2 Å². The van der Waals surface area contributed by atoms with Gasteiger partial charge in [-0.15, -0.1) is 0 Å². The van der Waals surface area contributed by atoms with Crippen LogP contribution in [-0.2, 0) is 0 Å². The molecule has 1 saturated carbocycles. The van der Waals surface area contributed by atoms with Crippen LogP contribution in [0.2, 0.25) is 0 Å². The Balaban J connectivity index is 1.38. The molecule has 1 unspecified atom stereocenters. The highest BCUT2D eigenvalue weighted by atomic mass is 16.3. The fourth-order valence-electron chi connectivity index (χ4n) is 4.65. The van der Waals surface area contributed by atoms with E-state index >= 15 is 0 Å². The normalized spacial score (nSPS) is 39.2. The van der Waals surface area contributed by atoms with Crippen LogP contribution in [0.15, 0.2) is 30.3 Å². The van der Waals surface area contributed by atoms with E-state index in [1.807, 2.05) is 0 Å². The van der Waals surface area contributed by atoms with E-state index in [9.17, 15) is 10.2 Å². The number of aliphatic hydroxyl groups excluding tert-OH is 2. The van der Waals surface area contributed by atoms with Crippen molar-refractivity contribution in [3.05, 3.63) is 30.3 Å². The number of likely N-dealkylation sites (tertiary alicyclic amines) is 1. The van der Waals surface area contributed by atoms with Crippen molar-refractivity contribution < 1.29 is 10.2 Å². The lowest BCUT2D eigenvalue weighted by Gasteiger charge is -2.32. The zero-order valence-electron chi connectivity index (χ0n) is 13.0. The van der Waals surface area contributed by atoms with E-state index in [1.165, 1.54) is 12.1 Å². The number of nitrogens with zero attached hydrogens (tertiary/aromatic N) is 2. The Morgan fingerprint density at radius 2 is 1.50 bits per heavy atom. The van der Waals surface area contributed by atoms with E-state index in [0.717, 1.165) is 39.0 Å². The topological polar surface area (TPSA) is 46.9 Å². The molecular formula is C18H26N2O2. The molecule has 0 spiro atoms. The maximum atomic E-state index is 9.89. The second kappa shape index (κ2) is 5.84. The number of anilines is 1. The summed E-state index contributed by atoms with van der Waals surface area (Å²) in [7, 11) is 0. The largest absolute Gasteiger partial charge is 0.390 e. The minimum atomic E-state index is -0.509. The van der Waals surface area contributed by atoms with Crippen LogP contribution in [0.3, 0.4) is 0 Å². The Bertz CT molecular complexity index is 491. The van der Waals surface area contributed by atoms with Crippen molar-refractivity contribution in [1.29, 1.82) is 0 Å². The quantitative estimate of drug-likeness (QED) is 0.865. The summed E-state index contributed by atoms with van der Waals surface area (Å²) in [5, 5.41) is 19.8. The number of hydrogen-bond acceptors (Lipinski definition) is 4. The van der Waals surface area contributed by atoms with Crippen molar-refractivity contribution >= 4 is 5.69 Å². The molecule has 120 valence electrons. The van der Waals surface area contributed by atoms with Crippen molar-refractivity contribution in [2.24, 2.45) is 11.8 Å². The SMILES string of the molecule is O[C@@H]1C[C@H]2CN(C3CCN(c4ccccc4)C3)C[C@H]2C[C@@H]1O. The number of rotatable bonds is 2. The van der Waals surface area contributed by atoms with Gasteiger partial charge in [0.2, 0.25) is 0 Å². The van der Waals surface area contributed by atoms with Gasteiger partial charge >= 0.3 is 0 Å². The summed E-state index contributed by atoms with van der Waals surface area (Å²) < 4.78 is 0. The Kier molecular flexibility index (Phi) is 3.84. The molecule has 4 rings (SSSR count). The Hall–Kier alpha value is -1.10. The fraction of sp³-hybridized carbons (Fsp3) is 0.667. The molecule has 0 amide bonds. The Labute approximate surface area is 132 Å². The maximum absolute atomic E-state index is 9.89. The first kappa shape index (κ1) is 14.5. The molecule has 2 N–H and O–H groups in total. The van der Waals surface area contributed by atoms with E-state index in [1.54, 1.807) is 0 Å². The summed E-state index contributed by atoms with van der Waals surface area (Å²) in [6.07, 6.45) is 1.75. The molecule has 5 atom stereocenters. The van der Waals surface area contributed by atoms with Crippen LogP contribution in [0.4, 0.5) is 5.69 Å². The van der Waals surface area contributed by atoms with Crippen LogP contribution in [0, 0.1) is 11.8 Å². The van der Waals surface area contributed by atoms with Gasteiger partial charge in [-0.3, -0.25) is 4.90 Å². The first-order valence-corrected chi connectivity index (χ1v) is 8.61. The molecule has 2 aliphatic heterocycles. The van der Waals surface area contributed by atoms with E-state index in [-0.39, 0.29) is 0 Å². The molecule has 3 aliphatic rings. The number of aliphatic hydroxyl groups is 2. The van der Waals surface area contributed by atoms with Crippen LogP contribution >= 0.6 is 0 Å². The Morgan fingerprint density at radius 3 is 2.14 bits per heavy atom. The molecule has 0 aromatic heterocycles. The molecule has 1 aliphatic carbocycles. The molecule has 2 heterocycles. The lowest BCUT2D eigenvalue weighted by molar-refractivity contribution is -0.0372. The number of para-hydroxylation sites is 1. The monoisotopic (exact) mass is 302 g/mol. The van der Waals surface area contributed by atoms with Crippen LogP contribution in [-0.4, -0.2) is 59.5 Å². The van der Waals surface area contributed by atoms with Crippen molar-refractivity contribution in [3.8, 4) is 0 Å². The van der Waals surface area contributed by atoms with E-state index in [4.69, 9.17) is 0 Å². The van der Waals surface area contributed by atoms with Crippen molar-refractivity contribution in [1.82, 2.24) is 4.90 Å². The summed E-state index contributed by atoms with van der Waals surface area (Å²) >= 11 is 0. The molecular weight excluding hydrogens is 276 g/mol. The van der Waals surface area contributed by atoms with E-state index in [2.05, 4.69) is 40.1 Å². The van der Waals surface area contributed by atoms with Crippen LogP contribution in [0.1, 0.15) is 19.3 Å². The molecule has 3 fully saturated rings. The number of hydrogen-bond donors (Lipinski definition) is 2. The minimum absolute atomic E-state index is 0.509. The van der Waals surface area contributed by atoms with E-state index in [0.29, 0.717) is 17.9 Å². The third kappa shape index (κ3) is 2.64. The van der Waals surface area contributed by atoms with Gasteiger partial charge in [0.05, 0.1) is 12.2 Å². The predicted octanol–water partition coefficient (Wildman–Crippen LogP) is 1.33. The van der Waals surface area contributed by atoms with Gasteiger partial charge in [-0.1, -0.05) is 18.2 Å². The number of fused-ring (bicyclic) bond motifs is 1. The minimum Gasteiger partial charge on any atom is -0.390 e. The lowest BCUT2D eigenvalue weighted by Crippen LogP contribution is -2.38. The van der Waals surface area contributed by atoms with Gasteiger partial charge in [0, 0.05) is 37.9 Å². The first-order valence-electron chi connectivity index (χ1n) is 8.61. The predicted molar refractivity (Wildman–Crippen MR) is 86.9 cm³/mol. The highest BCUT2D eigenvalue weighted by Gasteiger charge is 2.43. The molecule has 0 bridgehead atoms. The molecule has 2 saturated heterocycles. The molecule has 1 aromatic carbocycles. The van der Waals surface area contributed by atoms with Gasteiger partial charge in [-0.25, -0.2) is 0 Å². The van der Waals surface area contributed by atoms with Gasteiger partial charge in [0.15, 0.2) is 0 Å². The zero-order chi connectivity index (χ0) is 15.1. The summed E-state index contributed by atoms with van der Waals surface area (Å²) in [4.78, 5) is 5.10. The van der Waals surface area contributed by atoms with Crippen molar-refractivity contribution in [3.63, 3.8) is 0 Å². The van der Waals surface area contributed by atoms with Gasteiger partial charge in [-0.2, -0.15) is 0 Å². The van der Waals surface area contributed by atoms with E-state index < -0.39 is 12.2 Å². The van der Waals surface area contributed by atoms with Crippen LogP contribution in [0.5, 0.6) is 0 Å². The fourth-order valence-corrected chi connectivity index (χ4v) is 4.65. The van der Waals surface area contributed by atoms with Crippen LogP contribution in [0.25, 0.3) is 0 Å². The summed E-state index contributed by atoms with van der Waals surface area (Å²) in [6.45, 7) is 4.43. The first-order chi connectivity index (χ1) is 10.7. The molecule has 0 radical (unpaired) electrons. The van der Waals surface area contributed by atoms with Gasteiger partial charge < -0.3 is 15.1 Å². The molecule has 22 heavy (non-hydrogen) atoms. The zero-order valence-corrected chi connectivity index (χ0v) is 13.0. The summed E-state index contributed by atoms with van der Waals surface area (Å²) in [5.41, 5.74) is 1.33. The van der Waals surface area contributed by atoms with Crippen molar-refractivity contribution in [2.45, 2.75) is 37.5 Å². The molecule has 1 aromatic rings. The summed E-state index contributed by atoms with van der Waals surface area (Å²) in [5.74, 6) is 1.15.